The molecule has 0 radical (unpaired) electrons. The van der Waals surface area contributed by atoms with E-state index in [0.717, 1.165) is 12.1 Å². The summed E-state index contributed by atoms with van der Waals surface area (Å²) in [6.07, 6.45) is -4.87. The topological polar surface area (TPSA) is 70.0 Å². The molecule has 0 aliphatic rings. The second-order valence-corrected chi connectivity index (χ2v) is 6.95. The predicted molar refractivity (Wildman–Crippen MR) is 81.6 cm³/mol. The van der Waals surface area contributed by atoms with Crippen LogP contribution in [0, 0.1) is 11.3 Å². The van der Waals surface area contributed by atoms with Gasteiger partial charge in [-0.25, -0.2) is 13.1 Å². The molecule has 2 rings (SSSR count). The minimum Gasteiger partial charge on any atom is -0.207 e. The number of nitriles is 1. The Labute approximate surface area is 141 Å². The summed E-state index contributed by atoms with van der Waals surface area (Å²) in [5.41, 5.74) is -0.581. The molecule has 0 saturated carbocycles. The maximum atomic E-state index is 13.0. The number of hydrogen-bond acceptors (Lipinski definition) is 3. The first-order valence-corrected chi connectivity index (χ1v) is 8.35. The van der Waals surface area contributed by atoms with E-state index in [2.05, 4.69) is 4.72 Å². The zero-order valence-electron chi connectivity index (χ0n) is 11.9. The third-order valence-corrected chi connectivity index (χ3v) is 4.75. The molecular weight excluding hydrogens is 365 g/mol. The Morgan fingerprint density at radius 3 is 2.50 bits per heavy atom. The predicted octanol–water partition coefficient (Wildman–Crippen LogP) is 3.71. The molecule has 0 aliphatic carbocycles. The van der Waals surface area contributed by atoms with Crippen LogP contribution >= 0.6 is 11.6 Å². The maximum absolute atomic E-state index is 13.0. The standard InChI is InChI=1S/C15H10ClF3N2O2S/c16-12-4-5-14(13(7-12)15(17,18)19)24(22,23)21-9-11-3-1-2-10(6-11)8-20/h1-7,21H,9H2. The molecule has 0 spiro atoms. The van der Waals surface area contributed by atoms with Crippen LogP contribution in [0.2, 0.25) is 5.02 Å². The Morgan fingerprint density at radius 2 is 1.88 bits per heavy atom. The van der Waals surface area contributed by atoms with E-state index in [0.29, 0.717) is 17.2 Å². The SMILES string of the molecule is N#Cc1cccc(CNS(=O)(=O)c2ccc(Cl)cc2C(F)(F)F)c1. The van der Waals surface area contributed by atoms with Gasteiger partial charge < -0.3 is 0 Å². The minimum atomic E-state index is -4.87. The van der Waals surface area contributed by atoms with Crippen molar-refractivity contribution in [1.29, 1.82) is 5.26 Å². The first-order chi connectivity index (χ1) is 11.1. The monoisotopic (exact) mass is 374 g/mol. The van der Waals surface area contributed by atoms with Crippen LogP contribution in [0.5, 0.6) is 0 Å². The Kier molecular flexibility index (Phi) is 5.18. The molecule has 0 atom stereocenters. The van der Waals surface area contributed by atoms with E-state index < -0.39 is 26.7 Å². The average Bonchev–Trinajstić information content (AvgIpc) is 2.52. The van der Waals surface area contributed by atoms with Crippen molar-refractivity contribution in [3.05, 3.63) is 64.2 Å². The van der Waals surface area contributed by atoms with Gasteiger partial charge in [-0.15, -0.1) is 0 Å². The van der Waals surface area contributed by atoms with Gasteiger partial charge in [0.15, 0.2) is 0 Å². The number of alkyl halides is 3. The molecule has 24 heavy (non-hydrogen) atoms. The number of halogens is 4. The molecular formula is C15H10ClF3N2O2S. The average molecular weight is 375 g/mol. The molecule has 2 aromatic rings. The quantitative estimate of drug-likeness (QED) is 0.886. The van der Waals surface area contributed by atoms with Crippen molar-refractivity contribution >= 4 is 21.6 Å². The van der Waals surface area contributed by atoms with Gasteiger partial charge in [-0.05, 0) is 35.9 Å². The van der Waals surface area contributed by atoms with Crippen LogP contribution in [0.3, 0.4) is 0 Å². The normalized spacial score (nSPS) is 12.0. The van der Waals surface area contributed by atoms with Gasteiger partial charge in [0.05, 0.1) is 22.1 Å². The highest BCUT2D eigenvalue weighted by atomic mass is 35.5. The van der Waals surface area contributed by atoms with E-state index in [4.69, 9.17) is 16.9 Å². The van der Waals surface area contributed by atoms with Gasteiger partial charge >= 0.3 is 6.18 Å². The zero-order chi connectivity index (χ0) is 18.0. The summed E-state index contributed by atoms with van der Waals surface area (Å²) in [4.78, 5) is -0.907. The number of hydrogen-bond donors (Lipinski definition) is 1. The van der Waals surface area contributed by atoms with Crippen LogP contribution in [0.15, 0.2) is 47.4 Å². The van der Waals surface area contributed by atoms with Crippen molar-refractivity contribution < 1.29 is 21.6 Å². The fourth-order valence-electron chi connectivity index (χ4n) is 1.96. The number of nitrogens with one attached hydrogen (secondary N) is 1. The highest BCUT2D eigenvalue weighted by Crippen LogP contribution is 2.35. The van der Waals surface area contributed by atoms with Gasteiger partial charge in [-0.1, -0.05) is 23.7 Å². The fourth-order valence-corrected chi connectivity index (χ4v) is 3.36. The molecule has 126 valence electrons. The molecule has 0 heterocycles. The van der Waals surface area contributed by atoms with Crippen molar-refractivity contribution in [2.24, 2.45) is 0 Å². The summed E-state index contributed by atoms with van der Waals surface area (Å²) in [5, 5.41) is 8.57. The van der Waals surface area contributed by atoms with Crippen molar-refractivity contribution in [3.63, 3.8) is 0 Å². The Hall–Kier alpha value is -2.08. The van der Waals surface area contributed by atoms with Gasteiger partial charge in [-0.3, -0.25) is 0 Å². The number of nitrogens with zero attached hydrogens (tertiary/aromatic N) is 1. The number of benzene rings is 2. The molecule has 9 heteroatoms. The van der Waals surface area contributed by atoms with Crippen LogP contribution < -0.4 is 4.72 Å². The molecule has 2 aromatic carbocycles. The first-order valence-electron chi connectivity index (χ1n) is 6.49. The van der Waals surface area contributed by atoms with Gasteiger partial charge in [-0.2, -0.15) is 18.4 Å². The molecule has 0 bridgehead atoms. The van der Waals surface area contributed by atoms with Gasteiger partial charge in [0, 0.05) is 11.6 Å². The van der Waals surface area contributed by atoms with E-state index in [1.165, 1.54) is 12.1 Å². The molecule has 0 aromatic heterocycles. The first kappa shape index (κ1) is 18.3. The molecule has 0 fully saturated rings. The number of sulfonamides is 1. The third-order valence-electron chi connectivity index (χ3n) is 3.06. The Balaban J connectivity index is 2.33. The van der Waals surface area contributed by atoms with Crippen LogP contribution in [0.1, 0.15) is 16.7 Å². The van der Waals surface area contributed by atoms with Crippen LogP contribution in [-0.2, 0) is 22.7 Å². The Bertz CT molecular complexity index is 906. The van der Waals surface area contributed by atoms with E-state index in [1.54, 1.807) is 12.1 Å². The summed E-state index contributed by atoms with van der Waals surface area (Å²) >= 11 is 5.53. The third kappa shape index (κ3) is 4.26. The van der Waals surface area contributed by atoms with Crippen molar-refractivity contribution in [1.82, 2.24) is 4.72 Å². The van der Waals surface area contributed by atoms with Gasteiger partial charge in [0.1, 0.15) is 0 Å². The van der Waals surface area contributed by atoms with Crippen molar-refractivity contribution in [2.45, 2.75) is 17.6 Å². The summed E-state index contributed by atoms with van der Waals surface area (Å²) in [5.74, 6) is 0. The van der Waals surface area contributed by atoms with Gasteiger partial charge in [0.2, 0.25) is 10.0 Å². The summed E-state index contributed by atoms with van der Waals surface area (Å²) in [7, 11) is -4.42. The fraction of sp³-hybridized carbons (Fsp3) is 0.133. The lowest BCUT2D eigenvalue weighted by Gasteiger charge is -2.14. The van der Waals surface area contributed by atoms with E-state index in [9.17, 15) is 21.6 Å². The second-order valence-electron chi connectivity index (χ2n) is 4.77. The van der Waals surface area contributed by atoms with Crippen LogP contribution in [-0.4, -0.2) is 8.42 Å². The van der Waals surface area contributed by atoms with Gasteiger partial charge in [0.25, 0.3) is 0 Å². The smallest absolute Gasteiger partial charge is 0.207 e. The summed E-state index contributed by atoms with van der Waals surface area (Å²) in [6.45, 7) is -0.252. The van der Waals surface area contributed by atoms with Crippen molar-refractivity contribution in [2.75, 3.05) is 0 Å². The highest BCUT2D eigenvalue weighted by Gasteiger charge is 2.37. The van der Waals surface area contributed by atoms with E-state index in [1.807, 2.05) is 6.07 Å². The summed E-state index contributed by atoms with van der Waals surface area (Å²) in [6, 6.07) is 10.4. The maximum Gasteiger partial charge on any atom is 0.417 e. The molecule has 0 amide bonds. The lowest BCUT2D eigenvalue weighted by Crippen LogP contribution is -2.26. The van der Waals surface area contributed by atoms with Crippen LogP contribution in [0.25, 0.3) is 0 Å². The largest absolute Gasteiger partial charge is 0.417 e. The molecule has 0 unspecified atom stereocenters. The number of rotatable bonds is 4. The van der Waals surface area contributed by atoms with E-state index >= 15 is 0 Å². The second kappa shape index (κ2) is 6.81. The highest BCUT2D eigenvalue weighted by molar-refractivity contribution is 7.89. The lowest BCUT2D eigenvalue weighted by atomic mass is 10.1. The van der Waals surface area contributed by atoms with Crippen molar-refractivity contribution in [3.8, 4) is 6.07 Å². The molecule has 0 saturated heterocycles. The molecule has 1 N–H and O–H groups in total. The minimum absolute atomic E-state index is 0.219. The molecule has 0 aliphatic heterocycles. The lowest BCUT2D eigenvalue weighted by molar-refractivity contribution is -0.139. The van der Waals surface area contributed by atoms with Crippen LogP contribution in [0.4, 0.5) is 13.2 Å². The summed E-state index contributed by atoms with van der Waals surface area (Å²) < 4.78 is 65.6. The Morgan fingerprint density at radius 1 is 1.17 bits per heavy atom. The zero-order valence-corrected chi connectivity index (χ0v) is 13.5. The van der Waals surface area contributed by atoms with E-state index in [-0.39, 0.29) is 11.6 Å². The molecule has 4 nitrogen and oxygen atoms in total.